The molecule has 0 aliphatic heterocycles. The van der Waals surface area contributed by atoms with Gasteiger partial charge in [0.15, 0.2) is 0 Å². The third-order valence-corrected chi connectivity index (χ3v) is 2.12. The summed E-state index contributed by atoms with van der Waals surface area (Å²) in [5, 5.41) is 2.08. The maximum Gasteiger partial charge on any atom is 0.397 e. The van der Waals surface area contributed by atoms with Crippen molar-refractivity contribution < 1.29 is 22.8 Å². The first-order chi connectivity index (χ1) is 8.29. The van der Waals surface area contributed by atoms with E-state index in [9.17, 15) is 22.8 Å². The fourth-order valence-corrected chi connectivity index (χ4v) is 1.35. The summed E-state index contributed by atoms with van der Waals surface area (Å²) in [5.41, 5.74) is 5.64. The van der Waals surface area contributed by atoms with Crippen LogP contribution in [0.4, 0.5) is 13.2 Å². The van der Waals surface area contributed by atoms with Gasteiger partial charge in [-0.3, -0.25) is 9.59 Å². The Bertz CT molecular complexity index is 458. The first kappa shape index (κ1) is 14.0. The maximum atomic E-state index is 11.9. The minimum atomic E-state index is -4.55. The van der Waals surface area contributed by atoms with Crippen molar-refractivity contribution in [3.63, 3.8) is 0 Å². The van der Waals surface area contributed by atoms with Gasteiger partial charge in [-0.05, 0) is 11.6 Å². The molecule has 18 heavy (non-hydrogen) atoms. The Hall–Kier alpha value is -2.05. The lowest BCUT2D eigenvalue weighted by molar-refractivity contribution is -0.153. The molecular weight excluding hydrogens is 249 g/mol. The molecular formula is C11H11F3N2O2. The van der Waals surface area contributed by atoms with Crippen molar-refractivity contribution in [2.24, 2.45) is 5.73 Å². The van der Waals surface area contributed by atoms with E-state index in [0.29, 0.717) is 5.56 Å². The van der Waals surface area contributed by atoms with Gasteiger partial charge in [0.1, 0.15) is 6.42 Å². The van der Waals surface area contributed by atoms with E-state index in [2.05, 4.69) is 5.32 Å². The van der Waals surface area contributed by atoms with Crippen molar-refractivity contribution in [3.05, 3.63) is 35.4 Å². The van der Waals surface area contributed by atoms with E-state index >= 15 is 0 Å². The molecule has 0 radical (unpaired) electrons. The molecule has 0 spiro atoms. The Morgan fingerprint density at radius 1 is 1.22 bits per heavy atom. The van der Waals surface area contributed by atoms with Crippen LogP contribution in [0.15, 0.2) is 24.3 Å². The third-order valence-electron chi connectivity index (χ3n) is 2.12. The molecule has 1 rings (SSSR count). The lowest BCUT2D eigenvalue weighted by Gasteiger charge is -2.09. The fraction of sp³-hybridized carbons (Fsp3) is 0.273. The van der Waals surface area contributed by atoms with Crippen LogP contribution >= 0.6 is 0 Å². The molecule has 3 N–H and O–H groups in total. The number of benzene rings is 1. The number of carbonyl (C=O) groups is 2. The van der Waals surface area contributed by atoms with Crippen LogP contribution in [-0.4, -0.2) is 18.0 Å². The highest BCUT2D eigenvalue weighted by Crippen LogP contribution is 2.19. The van der Waals surface area contributed by atoms with Crippen LogP contribution in [0.2, 0.25) is 0 Å². The standard InChI is InChI=1S/C11H11F3N2O2/c12-11(13,14)5-9(17)16-6-7-3-1-2-4-8(7)10(15)18/h1-4H,5-6H2,(H2,15,18)(H,16,17). The summed E-state index contributed by atoms with van der Waals surface area (Å²) >= 11 is 0. The fourth-order valence-electron chi connectivity index (χ4n) is 1.35. The highest BCUT2D eigenvalue weighted by molar-refractivity contribution is 5.94. The first-order valence-electron chi connectivity index (χ1n) is 5.01. The highest BCUT2D eigenvalue weighted by Gasteiger charge is 2.31. The van der Waals surface area contributed by atoms with Gasteiger partial charge in [-0.15, -0.1) is 0 Å². The van der Waals surface area contributed by atoms with E-state index in [1.54, 1.807) is 12.1 Å². The molecule has 0 unspecified atom stereocenters. The van der Waals surface area contributed by atoms with E-state index in [4.69, 9.17) is 5.73 Å². The van der Waals surface area contributed by atoms with Crippen LogP contribution in [0, 0.1) is 0 Å². The molecule has 7 heteroatoms. The topological polar surface area (TPSA) is 72.2 Å². The number of halogens is 3. The second-order valence-corrected chi connectivity index (χ2v) is 3.59. The third kappa shape index (κ3) is 4.44. The molecule has 4 nitrogen and oxygen atoms in total. The van der Waals surface area contributed by atoms with E-state index in [-0.39, 0.29) is 12.1 Å². The quantitative estimate of drug-likeness (QED) is 0.857. The first-order valence-corrected chi connectivity index (χ1v) is 5.01. The Kier molecular flexibility index (Phi) is 4.30. The van der Waals surface area contributed by atoms with Gasteiger partial charge in [-0.1, -0.05) is 18.2 Å². The van der Waals surface area contributed by atoms with Crippen molar-refractivity contribution in [1.29, 1.82) is 0 Å². The van der Waals surface area contributed by atoms with Crippen LogP contribution in [-0.2, 0) is 11.3 Å². The molecule has 0 heterocycles. The zero-order valence-corrected chi connectivity index (χ0v) is 9.25. The average molecular weight is 260 g/mol. The molecule has 98 valence electrons. The Morgan fingerprint density at radius 3 is 2.39 bits per heavy atom. The van der Waals surface area contributed by atoms with Crippen molar-refractivity contribution in [3.8, 4) is 0 Å². The molecule has 0 bridgehead atoms. The molecule has 1 aromatic rings. The summed E-state index contributed by atoms with van der Waals surface area (Å²) in [7, 11) is 0. The Labute approximate surface area is 101 Å². The number of amides is 2. The predicted octanol–water partition coefficient (Wildman–Crippen LogP) is 1.35. The van der Waals surface area contributed by atoms with Crippen molar-refractivity contribution >= 4 is 11.8 Å². The summed E-state index contributed by atoms with van der Waals surface area (Å²) in [6.07, 6.45) is -6.10. The Balaban J connectivity index is 2.64. The number of primary amides is 1. The zero-order valence-electron chi connectivity index (χ0n) is 9.25. The second-order valence-electron chi connectivity index (χ2n) is 3.59. The van der Waals surface area contributed by atoms with Crippen LogP contribution in [0.1, 0.15) is 22.3 Å². The van der Waals surface area contributed by atoms with Gasteiger partial charge in [0.25, 0.3) is 0 Å². The van der Waals surface area contributed by atoms with Crippen molar-refractivity contribution in [2.45, 2.75) is 19.1 Å². The molecule has 0 aromatic heterocycles. The summed E-state index contributed by atoms with van der Waals surface area (Å²) in [6, 6.07) is 6.11. The molecule has 0 aliphatic carbocycles. The summed E-state index contributed by atoms with van der Waals surface area (Å²) < 4.78 is 35.7. The van der Waals surface area contributed by atoms with Gasteiger partial charge >= 0.3 is 6.18 Å². The monoisotopic (exact) mass is 260 g/mol. The van der Waals surface area contributed by atoms with Gasteiger partial charge in [0.05, 0.1) is 0 Å². The molecule has 0 aliphatic rings. The SMILES string of the molecule is NC(=O)c1ccccc1CNC(=O)CC(F)(F)F. The predicted molar refractivity (Wildman–Crippen MR) is 57.5 cm³/mol. The largest absolute Gasteiger partial charge is 0.397 e. The maximum absolute atomic E-state index is 11.9. The lowest BCUT2D eigenvalue weighted by Crippen LogP contribution is -2.29. The second kappa shape index (κ2) is 5.52. The van der Waals surface area contributed by atoms with Crippen LogP contribution in [0.3, 0.4) is 0 Å². The molecule has 1 aromatic carbocycles. The molecule has 0 saturated heterocycles. The normalized spacial score (nSPS) is 11.1. The number of carbonyl (C=O) groups excluding carboxylic acids is 2. The minimum Gasteiger partial charge on any atom is -0.366 e. The number of hydrogen-bond donors (Lipinski definition) is 2. The highest BCUT2D eigenvalue weighted by atomic mass is 19.4. The average Bonchev–Trinajstić information content (AvgIpc) is 2.24. The number of hydrogen-bond acceptors (Lipinski definition) is 2. The van der Waals surface area contributed by atoms with E-state index in [1.807, 2.05) is 0 Å². The van der Waals surface area contributed by atoms with Crippen molar-refractivity contribution in [1.82, 2.24) is 5.32 Å². The van der Waals surface area contributed by atoms with Crippen LogP contribution in [0.5, 0.6) is 0 Å². The van der Waals surface area contributed by atoms with Gasteiger partial charge in [-0.25, -0.2) is 0 Å². The van der Waals surface area contributed by atoms with Crippen LogP contribution in [0.25, 0.3) is 0 Å². The number of rotatable bonds is 4. The Morgan fingerprint density at radius 2 is 1.83 bits per heavy atom. The number of nitrogens with two attached hydrogens (primary N) is 1. The minimum absolute atomic E-state index is 0.171. The lowest BCUT2D eigenvalue weighted by atomic mass is 10.1. The summed E-state index contributed by atoms with van der Waals surface area (Å²) in [4.78, 5) is 22.0. The van der Waals surface area contributed by atoms with Gasteiger partial charge in [0.2, 0.25) is 11.8 Å². The zero-order chi connectivity index (χ0) is 13.8. The van der Waals surface area contributed by atoms with E-state index in [0.717, 1.165) is 0 Å². The van der Waals surface area contributed by atoms with Gasteiger partial charge in [-0.2, -0.15) is 13.2 Å². The van der Waals surface area contributed by atoms with Crippen molar-refractivity contribution in [2.75, 3.05) is 0 Å². The van der Waals surface area contributed by atoms with E-state index < -0.39 is 24.4 Å². The molecule has 0 saturated carbocycles. The van der Waals surface area contributed by atoms with E-state index in [1.165, 1.54) is 12.1 Å². The number of alkyl halides is 3. The van der Waals surface area contributed by atoms with Gasteiger partial charge in [0, 0.05) is 12.1 Å². The number of nitrogens with one attached hydrogen (secondary N) is 1. The molecule has 0 fully saturated rings. The smallest absolute Gasteiger partial charge is 0.366 e. The van der Waals surface area contributed by atoms with Gasteiger partial charge < -0.3 is 11.1 Å². The molecule has 0 atom stereocenters. The summed E-state index contributed by atoms with van der Waals surface area (Å²) in [6.45, 7) is -0.173. The summed E-state index contributed by atoms with van der Waals surface area (Å²) in [5.74, 6) is -1.85. The van der Waals surface area contributed by atoms with Crippen LogP contribution < -0.4 is 11.1 Å². The molecule has 2 amide bonds.